The Morgan fingerprint density at radius 1 is 0.964 bits per heavy atom. The van der Waals surface area contributed by atoms with Crippen LogP contribution in [-0.4, -0.2) is 0 Å². The van der Waals surface area contributed by atoms with E-state index in [0.717, 1.165) is 36.7 Å². The average Bonchev–Trinajstić information content (AvgIpc) is 2.68. The quantitative estimate of drug-likeness (QED) is 0.476. The second-order valence-corrected chi connectivity index (χ2v) is 9.31. The summed E-state index contributed by atoms with van der Waals surface area (Å²) in [6, 6.07) is 3.63. The monoisotopic (exact) mass is 408 g/mol. The molecular formula is C24H28ClF3. The van der Waals surface area contributed by atoms with Crippen molar-refractivity contribution in [1.29, 1.82) is 0 Å². The molecule has 0 heterocycles. The van der Waals surface area contributed by atoms with E-state index in [4.69, 9.17) is 11.6 Å². The molecule has 0 aliphatic heterocycles. The summed E-state index contributed by atoms with van der Waals surface area (Å²) in [6.07, 6.45) is 10.9. The third kappa shape index (κ3) is 3.79. The maximum absolute atomic E-state index is 14.8. The van der Waals surface area contributed by atoms with Gasteiger partial charge in [-0.1, -0.05) is 44.2 Å². The largest absolute Gasteiger partial charge is 0.207 e. The van der Waals surface area contributed by atoms with Crippen LogP contribution in [0.15, 0.2) is 18.2 Å². The molecule has 4 unspecified atom stereocenters. The molecule has 0 saturated heterocycles. The Morgan fingerprint density at radius 2 is 1.71 bits per heavy atom. The molecule has 2 aromatic rings. The van der Waals surface area contributed by atoms with Crippen molar-refractivity contribution >= 4 is 22.4 Å². The van der Waals surface area contributed by atoms with E-state index in [9.17, 15) is 13.2 Å². The Kier molecular flexibility index (Phi) is 5.92. The fraction of sp³-hybridized carbons (Fsp3) is 0.583. The molecule has 0 aromatic heterocycles. The molecule has 0 spiro atoms. The average molecular weight is 409 g/mol. The number of rotatable bonds is 4. The van der Waals surface area contributed by atoms with Crippen LogP contribution in [-0.2, 0) is 0 Å². The summed E-state index contributed by atoms with van der Waals surface area (Å²) in [4.78, 5) is 0. The predicted molar refractivity (Wildman–Crippen MR) is 109 cm³/mol. The van der Waals surface area contributed by atoms with Crippen LogP contribution in [0, 0.1) is 35.2 Å². The van der Waals surface area contributed by atoms with Gasteiger partial charge in [0.25, 0.3) is 0 Å². The van der Waals surface area contributed by atoms with E-state index >= 15 is 0 Å². The van der Waals surface area contributed by atoms with Gasteiger partial charge < -0.3 is 0 Å². The van der Waals surface area contributed by atoms with Crippen LogP contribution in [0.25, 0.3) is 10.8 Å². The lowest BCUT2D eigenvalue weighted by Gasteiger charge is -2.42. The van der Waals surface area contributed by atoms with Gasteiger partial charge in [-0.2, -0.15) is 0 Å². The molecule has 4 rings (SSSR count). The standard InChI is InChI=1S/C24H28ClF3/c1-2-3-4-14-5-6-16-10-17(8-7-15(16)9-14)20-12-18-11-19(26)13-21(27)22(18)24(28)23(20)25/h11-17H,2-10H2,1H3. The van der Waals surface area contributed by atoms with Crippen LogP contribution in [0.3, 0.4) is 0 Å². The van der Waals surface area contributed by atoms with Crippen molar-refractivity contribution in [2.45, 2.75) is 70.6 Å². The highest BCUT2D eigenvalue weighted by atomic mass is 35.5. The summed E-state index contributed by atoms with van der Waals surface area (Å²) < 4.78 is 42.5. The van der Waals surface area contributed by atoms with Crippen molar-refractivity contribution in [3.63, 3.8) is 0 Å². The summed E-state index contributed by atoms with van der Waals surface area (Å²) in [5.74, 6) is 0.136. The minimum atomic E-state index is -0.893. The number of benzene rings is 2. The van der Waals surface area contributed by atoms with Gasteiger partial charge in [-0.3, -0.25) is 0 Å². The zero-order valence-electron chi connectivity index (χ0n) is 16.4. The Morgan fingerprint density at radius 3 is 2.50 bits per heavy atom. The molecule has 0 nitrogen and oxygen atoms in total. The Labute approximate surface area is 170 Å². The van der Waals surface area contributed by atoms with E-state index < -0.39 is 17.5 Å². The minimum Gasteiger partial charge on any atom is -0.207 e. The van der Waals surface area contributed by atoms with Crippen LogP contribution in [0.4, 0.5) is 13.2 Å². The number of hydrogen-bond donors (Lipinski definition) is 0. The molecule has 152 valence electrons. The molecule has 4 heteroatoms. The van der Waals surface area contributed by atoms with Gasteiger partial charge in [-0.15, -0.1) is 0 Å². The second-order valence-electron chi connectivity index (χ2n) is 8.93. The van der Waals surface area contributed by atoms with Gasteiger partial charge in [0, 0.05) is 6.07 Å². The lowest BCUT2D eigenvalue weighted by molar-refractivity contribution is 0.113. The topological polar surface area (TPSA) is 0 Å². The van der Waals surface area contributed by atoms with E-state index in [1.54, 1.807) is 6.07 Å². The first-order valence-corrected chi connectivity index (χ1v) is 11.1. The van der Waals surface area contributed by atoms with Crippen LogP contribution >= 0.6 is 11.6 Å². The van der Waals surface area contributed by atoms with Gasteiger partial charge in [0.1, 0.15) is 11.6 Å². The molecule has 28 heavy (non-hydrogen) atoms. The van der Waals surface area contributed by atoms with Crippen LogP contribution in [0.2, 0.25) is 5.02 Å². The lowest BCUT2D eigenvalue weighted by Crippen LogP contribution is -2.30. The third-order valence-corrected chi connectivity index (χ3v) is 7.57. The summed E-state index contributed by atoms with van der Waals surface area (Å²) >= 11 is 6.34. The highest BCUT2D eigenvalue weighted by Crippen LogP contribution is 2.50. The molecule has 2 fully saturated rings. The maximum atomic E-state index is 14.8. The first-order valence-electron chi connectivity index (χ1n) is 10.7. The van der Waals surface area contributed by atoms with Crippen LogP contribution in [0.1, 0.15) is 76.2 Å². The SMILES string of the molecule is CCCCC1CCC2CC(c3cc4cc(F)cc(F)c4c(F)c3Cl)CCC2C1. The van der Waals surface area contributed by atoms with Crippen LogP contribution < -0.4 is 0 Å². The number of unbranched alkanes of at least 4 members (excludes halogenated alkanes) is 1. The normalized spacial score (nSPS) is 27.8. The fourth-order valence-electron chi connectivity index (χ4n) is 5.73. The molecule has 4 atom stereocenters. The minimum absolute atomic E-state index is 0.0121. The molecule has 0 N–H and O–H groups in total. The van der Waals surface area contributed by atoms with Gasteiger partial charge in [-0.05, 0) is 78.9 Å². The van der Waals surface area contributed by atoms with Crippen molar-refractivity contribution in [2.24, 2.45) is 17.8 Å². The van der Waals surface area contributed by atoms with E-state index in [-0.39, 0.29) is 21.7 Å². The summed E-state index contributed by atoms with van der Waals surface area (Å²) in [5, 5.41) is 0.0677. The van der Waals surface area contributed by atoms with Crippen molar-refractivity contribution in [2.75, 3.05) is 0 Å². The zero-order valence-corrected chi connectivity index (χ0v) is 17.2. The van der Waals surface area contributed by atoms with Crippen molar-refractivity contribution < 1.29 is 13.2 Å². The molecular weight excluding hydrogens is 381 g/mol. The third-order valence-electron chi connectivity index (χ3n) is 7.19. The maximum Gasteiger partial charge on any atom is 0.152 e. The Balaban J connectivity index is 1.56. The second kappa shape index (κ2) is 8.26. The Bertz CT molecular complexity index is 863. The molecule has 2 saturated carbocycles. The van der Waals surface area contributed by atoms with E-state index in [1.807, 2.05) is 0 Å². The van der Waals surface area contributed by atoms with Crippen molar-refractivity contribution in [1.82, 2.24) is 0 Å². The summed E-state index contributed by atoms with van der Waals surface area (Å²) in [5.41, 5.74) is 0.725. The van der Waals surface area contributed by atoms with E-state index in [0.29, 0.717) is 12.0 Å². The van der Waals surface area contributed by atoms with Gasteiger partial charge >= 0.3 is 0 Å². The molecule has 0 radical (unpaired) electrons. The van der Waals surface area contributed by atoms with Crippen molar-refractivity contribution in [3.05, 3.63) is 46.2 Å². The highest BCUT2D eigenvalue weighted by molar-refractivity contribution is 6.32. The van der Waals surface area contributed by atoms with Crippen LogP contribution in [0.5, 0.6) is 0 Å². The smallest absolute Gasteiger partial charge is 0.152 e. The summed E-state index contributed by atoms with van der Waals surface area (Å²) in [6.45, 7) is 2.25. The van der Waals surface area contributed by atoms with E-state index in [2.05, 4.69) is 6.92 Å². The lowest BCUT2D eigenvalue weighted by atomic mass is 9.63. The molecule has 0 amide bonds. The Hall–Kier alpha value is -1.22. The first-order chi connectivity index (χ1) is 13.5. The molecule has 2 aliphatic carbocycles. The molecule has 2 aliphatic rings. The van der Waals surface area contributed by atoms with Gasteiger partial charge in [0.05, 0.1) is 10.4 Å². The number of fused-ring (bicyclic) bond motifs is 2. The fourth-order valence-corrected chi connectivity index (χ4v) is 6.03. The summed E-state index contributed by atoms with van der Waals surface area (Å²) in [7, 11) is 0. The molecule has 2 aromatic carbocycles. The zero-order chi connectivity index (χ0) is 19.8. The van der Waals surface area contributed by atoms with Crippen molar-refractivity contribution in [3.8, 4) is 0 Å². The highest BCUT2D eigenvalue weighted by Gasteiger charge is 2.36. The first kappa shape index (κ1) is 20.1. The van der Waals surface area contributed by atoms with Gasteiger partial charge in [0.2, 0.25) is 0 Å². The predicted octanol–water partition coefficient (Wildman–Crippen LogP) is 8.40. The van der Waals surface area contributed by atoms with Gasteiger partial charge in [-0.25, -0.2) is 13.2 Å². The molecule has 0 bridgehead atoms. The van der Waals surface area contributed by atoms with E-state index in [1.165, 1.54) is 44.6 Å². The number of hydrogen-bond acceptors (Lipinski definition) is 0. The number of halogens is 4. The van der Waals surface area contributed by atoms with Gasteiger partial charge in [0.15, 0.2) is 5.82 Å².